The molecule has 0 unspecified atom stereocenters. The summed E-state index contributed by atoms with van der Waals surface area (Å²) < 4.78 is 12.5. The largest absolute Gasteiger partial charge is 0.487 e. The lowest BCUT2D eigenvalue weighted by Crippen LogP contribution is -2.20. The summed E-state index contributed by atoms with van der Waals surface area (Å²) in [5.74, 6) is 0.978. The van der Waals surface area contributed by atoms with Gasteiger partial charge in [-0.3, -0.25) is 9.59 Å². The molecule has 0 aliphatic rings. The van der Waals surface area contributed by atoms with Crippen molar-refractivity contribution in [1.29, 1.82) is 0 Å². The zero-order chi connectivity index (χ0) is 22.3. The van der Waals surface area contributed by atoms with E-state index in [9.17, 15) is 9.59 Å². The second kappa shape index (κ2) is 10.1. The van der Waals surface area contributed by atoms with Crippen LogP contribution in [0.2, 0.25) is 0 Å². The molecule has 2 aromatic heterocycles. The molecule has 164 valence electrons. The average Bonchev–Trinajstić information content (AvgIpc) is 3.21. The molecule has 0 saturated heterocycles. The molecule has 1 N–H and O–H groups in total. The standard InChI is InChI=1S/C23H22N4O4S/c1-2-6-21-26-27-22(29)13-17(25-23(27)32-21)14-30-19-11-9-16(10-12-19)24-20(28)15-31-18-7-4-3-5-8-18/h3-5,7-13H,2,6,14-15H2,1H3,(H,24,28). The van der Waals surface area contributed by atoms with Gasteiger partial charge in [0.05, 0.1) is 5.69 Å². The van der Waals surface area contributed by atoms with Gasteiger partial charge in [-0.05, 0) is 42.8 Å². The van der Waals surface area contributed by atoms with Crippen LogP contribution >= 0.6 is 11.3 Å². The Morgan fingerprint density at radius 1 is 1.06 bits per heavy atom. The van der Waals surface area contributed by atoms with Crippen LogP contribution in [0.4, 0.5) is 5.69 Å². The first kappa shape index (κ1) is 21.5. The maximum Gasteiger partial charge on any atom is 0.275 e. The Morgan fingerprint density at radius 2 is 1.81 bits per heavy atom. The van der Waals surface area contributed by atoms with Gasteiger partial charge in [0.15, 0.2) is 6.61 Å². The first-order valence-corrected chi connectivity index (χ1v) is 11.0. The van der Waals surface area contributed by atoms with Crippen molar-refractivity contribution in [3.63, 3.8) is 0 Å². The number of carbonyl (C=O) groups is 1. The van der Waals surface area contributed by atoms with Crippen LogP contribution in [0.15, 0.2) is 65.5 Å². The van der Waals surface area contributed by atoms with Crippen LogP contribution in [0, 0.1) is 0 Å². The number of para-hydroxylation sites is 1. The first-order chi connectivity index (χ1) is 15.6. The summed E-state index contributed by atoms with van der Waals surface area (Å²) in [5.41, 5.74) is 0.949. The quantitative estimate of drug-likeness (QED) is 0.418. The van der Waals surface area contributed by atoms with Crippen molar-refractivity contribution in [2.24, 2.45) is 0 Å². The number of anilines is 1. The molecule has 4 rings (SSSR count). The van der Waals surface area contributed by atoms with Gasteiger partial charge in [0.1, 0.15) is 23.1 Å². The van der Waals surface area contributed by atoms with E-state index in [2.05, 4.69) is 22.3 Å². The van der Waals surface area contributed by atoms with Crippen molar-refractivity contribution in [1.82, 2.24) is 14.6 Å². The van der Waals surface area contributed by atoms with Crippen molar-refractivity contribution in [2.75, 3.05) is 11.9 Å². The van der Waals surface area contributed by atoms with Crippen LogP contribution in [-0.2, 0) is 17.8 Å². The second-order valence-electron chi connectivity index (χ2n) is 6.99. The fourth-order valence-electron chi connectivity index (χ4n) is 2.94. The molecule has 0 bridgehead atoms. The van der Waals surface area contributed by atoms with Crippen LogP contribution in [0.3, 0.4) is 0 Å². The van der Waals surface area contributed by atoms with E-state index in [1.54, 1.807) is 36.4 Å². The van der Waals surface area contributed by atoms with Crippen LogP contribution < -0.4 is 20.3 Å². The fourth-order valence-corrected chi connectivity index (χ4v) is 3.96. The maximum absolute atomic E-state index is 12.3. The highest BCUT2D eigenvalue weighted by Gasteiger charge is 2.09. The normalized spacial score (nSPS) is 10.8. The van der Waals surface area contributed by atoms with Crippen LogP contribution in [0.5, 0.6) is 11.5 Å². The van der Waals surface area contributed by atoms with E-state index >= 15 is 0 Å². The van der Waals surface area contributed by atoms with Gasteiger partial charge in [0.25, 0.3) is 11.5 Å². The topological polar surface area (TPSA) is 94.8 Å². The lowest BCUT2D eigenvalue weighted by molar-refractivity contribution is -0.118. The minimum atomic E-state index is -0.257. The molecule has 1 amide bonds. The van der Waals surface area contributed by atoms with Crippen LogP contribution in [0.25, 0.3) is 4.96 Å². The third kappa shape index (κ3) is 5.50. The van der Waals surface area contributed by atoms with Crippen LogP contribution in [0.1, 0.15) is 24.0 Å². The Kier molecular flexibility index (Phi) is 6.76. The molecule has 0 fully saturated rings. The van der Waals surface area contributed by atoms with Gasteiger partial charge in [-0.25, -0.2) is 4.98 Å². The van der Waals surface area contributed by atoms with Crippen molar-refractivity contribution < 1.29 is 14.3 Å². The number of ether oxygens (including phenoxy) is 2. The summed E-state index contributed by atoms with van der Waals surface area (Å²) >= 11 is 1.42. The van der Waals surface area contributed by atoms with E-state index in [1.165, 1.54) is 21.9 Å². The van der Waals surface area contributed by atoms with Gasteiger partial charge < -0.3 is 14.8 Å². The van der Waals surface area contributed by atoms with E-state index < -0.39 is 0 Å². The lowest BCUT2D eigenvalue weighted by atomic mass is 10.3. The number of fused-ring (bicyclic) bond motifs is 1. The first-order valence-electron chi connectivity index (χ1n) is 10.2. The summed E-state index contributed by atoms with van der Waals surface area (Å²) in [5, 5.41) is 7.96. The molecule has 0 atom stereocenters. The fraction of sp³-hybridized carbons (Fsp3) is 0.217. The van der Waals surface area contributed by atoms with Gasteiger partial charge in [0.2, 0.25) is 4.96 Å². The molecular formula is C23H22N4O4S. The molecule has 0 aliphatic carbocycles. The molecule has 4 aromatic rings. The zero-order valence-electron chi connectivity index (χ0n) is 17.5. The van der Waals surface area contributed by atoms with Crippen molar-refractivity contribution in [3.05, 3.63) is 81.7 Å². The second-order valence-corrected chi connectivity index (χ2v) is 8.03. The monoisotopic (exact) mass is 450 g/mol. The van der Waals surface area contributed by atoms with E-state index in [0.29, 0.717) is 27.8 Å². The highest BCUT2D eigenvalue weighted by Crippen LogP contribution is 2.18. The van der Waals surface area contributed by atoms with Crippen molar-refractivity contribution in [2.45, 2.75) is 26.4 Å². The summed E-state index contributed by atoms with van der Waals surface area (Å²) in [6.45, 7) is 2.14. The van der Waals surface area contributed by atoms with Gasteiger partial charge in [-0.2, -0.15) is 9.61 Å². The number of nitrogens with one attached hydrogen (secondary N) is 1. The highest BCUT2D eigenvalue weighted by molar-refractivity contribution is 7.16. The predicted octanol–water partition coefficient (Wildman–Crippen LogP) is 3.70. The molecule has 9 heteroatoms. The molecule has 32 heavy (non-hydrogen) atoms. The number of hydrogen-bond donors (Lipinski definition) is 1. The van der Waals surface area contributed by atoms with Crippen molar-refractivity contribution >= 4 is 27.9 Å². The lowest BCUT2D eigenvalue weighted by Gasteiger charge is -2.09. The van der Waals surface area contributed by atoms with E-state index in [4.69, 9.17) is 9.47 Å². The molecule has 0 radical (unpaired) electrons. The molecular weight excluding hydrogens is 428 g/mol. The number of benzene rings is 2. The number of aromatic nitrogens is 3. The number of rotatable bonds is 9. The van der Waals surface area contributed by atoms with Crippen LogP contribution in [-0.4, -0.2) is 27.1 Å². The molecule has 2 heterocycles. The minimum absolute atomic E-state index is 0.0799. The van der Waals surface area contributed by atoms with E-state index in [1.807, 2.05) is 18.2 Å². The average molecular weight is 451 g/mol. The number of carbonyl (C=O) groups excluding carboxylic acids is 1. The maximum atomic E-state index is 12.3. The Balaban J connectivity index is 1.31. The minimum Gasteiger partial charge on any atom is -0.487 e. The predicted molar refractivity (Wildman–Crippen MR) is 122 cm³/mol. The molecule has 0 aliphatic heterocycles. The number of hydrogen-bond acceptors (Lipinski definition) is 7. The summed E-state index contributed by atoms with van der Waals surface area (Å²) in [6, 6.07) is 17.5. The summed E-state index contributed by atoms with van der Waals surface area (Å²) in [4.78, 5) is 29.4. The summed E-state index contributed by atoms with van der Waals surface area (Å²) in [7, 11) is 0. The summed E-state index contributed by atoms with van der Waals surface area (Å²) in [6.07, 6.45) is 1.78. The third-order valence-corrected chi connectivity index (χ3v) is 5.41. The Labute approximate surface area is 188 Å². The molecule has 8 nitrogen and oxygen atoms in total. The van der Waals surface area contributed by atoms with Gasteiger partial charge >= 0.3 is 0 Å². The highest BCUT2D eigenvalue weighted by atomic mass is 32.1. The number of aryl methyl sites for hydroxylation is 1. The molecule has 2 aromatic carbocycles. The molecule has 0 saturated carbocycles. The van der Waals surface area contributed by atoms with Gasteiger partial charge in [0, 0.05) is 18.2 Å². The number of nitrogens with zero attached hydrogens (tertiary/aromatic N) is 3. The van der Waals surface area contributed by atoms with Gasteiger partial charge in [-0.1, -0.05) is 36.5 Å². The molecule has 0 spiro atoms. The zero-order valence-corrected chi connectivity index (χ0v) is 18.3. The Hall–Kier alpha value is -3.72. The third-order valence-electron chi connectivity index (χ3n) is 4.44. The van der Waals surface area contributed by atoms with E-state index in [-0.39, 0.29) is 24.7 Å². The van der Waals surface area contributed by atoms with Gasteiger partial charge in [-0.15, -0.1) is 0 Å². The Bertz CT molecular complexity index is 1250. The van der Waals surface area contributed by atoms with Crippen molar-refractivity contribution in [3.8, 4) is 11.5 Å². The number of amides is 1. The Morgan fingerprint density at radius 3 is 2.56 bits per heavy atom. The van der Waals surface area contributed by atoms with E-state index in [0.717, 1.165) is 17.8 Å². The SMILES string of the molecule is CCCc1nn2c(=O)cc(COc3ccc(NC(=O)COc4ccccc4)cc3)nc2s1. The smallest absolute Gasteiger partial charge is 0.275 e.